The molecule has 1 aromatic heterocycles. The van der Waals surface area contributed by atoms with Crippen LogP contribution in [-0.4, -0.2) is 31.0 Å². The lowest BCUT2D eigenvalue weighted by atomic mass is 10.0. The lowest BCUT2D eigenvalue weighted by Crippen LogP contribution is -2.28. The van der Waals surface area contributed by atoms with Crippen LogP contribution < -0.4 is 4.72 Å². The first-order chi connectivity index (χ1) is 13.9. The van der Waals surface area contributed by atoms with Crippen LogP contribution in [0.4, 0.5) is 0 Å². The smallest absolute Gasteiger partial charge is 0.208 e. The van der Waals surface area contributed by atoms with Crippen molar-refractivity contribution in [3.05, 3.63) is 70.4 Å². The number of sulfonamides is 1. The van der Waals surface area contributed by atoms with Crippen molar-refractivity contribution in [1.29, 1.82) is 0 Å². The first kappa shape index (κ1) is 20.1. The van der Waals surface area contributed by atoms with E-state index in [0.717, 1.165) is 41.9 Å². The lowest BCUT2D eigenvalue weighted by Gasteiger charge is -2.15. The molecule has 29 heavy (non-hydrogen) atoms. The summed E-state index contributed by atoms with van der Waals surface area (Å²) >= 11 is 6.11. The first-order valence-corrected chi connectivity index (χ1v) is 12.0. The van der Waals surface area contributed by atoms with E-state index in [0.29, 0.717) is 11.6 Å². The number of hydrogen-bond donors (Lipinski definition) is 1. The Hall–Kier alpha value is -2.15. The zero-order valence-corrected chi connectivity index (χ0v) is 18.1. The number of nitrogens with zero attached hydrogens (tertiary/aromatic N) is 2. The fourth-order valence-electron chi connectivity index (χ4n) is 4.02. The molecular formula is C22H24ClN3O2S. The number of para-hydroxylation sites is 1. The van der Waals surface area contributed by atoms with Gasteiger partial charge in [0.2, 0.25) is 10.0 Å². The first-order valence-electron chi connectivity index (χ1n) is 9.75. The van der Waals surface area contributed by atoms with Crippen molar-refractivity contribution in [3.8, 4) is 16.9 Å². The summed E-state index contributed by atoms with van der Waals surface area (Å²) < 4.78 is 27.7. The summed E-state index contributed by atoms with van der Waals surface area (Å²) in [4.78, 5) is 0. The summed E-state index contributed by atoms with van der Waals surface area (Å²) in [6, 6.07) is 16.1. The molecule has 1 aliphatic carbocycles. The lowest BCUT2D eigenvalue weighted by molar-refractivity contribution is 0.524. The van der Waals surface area contributed by atoms with Crippen LogP contribution in [0, 0.1) is 5.92 Å². The Bertz CT molecular complexity index is 1140. The fourth-order valence-corrected chi connectivity index (χ4v) is 4.68. The number of aromatic nitrogens is 2. The molecule has 0 radical (unpaired) electrons. The maximum atomic E-state index is 11.5. The van der Waals surface area contributed by atoms with Gasteiger partial charge in [-0.15, -0.1) is 0 Å². The van der Waals surface area contributed by atoms with Crippen molar-refractivity contribution >= 4 is 21.6 Å². The van der Waals surface area contributed by atoms with Crippen molar-refractivity contribution < 1.29 is 8.42 Å². The highest BCUT2D eigenvalue weighted by Gasteiger charge is 2.30. The number of rotatable bonds is 6. The molecule has 0 amide bonds. The highest BCUT2D eigenvalue weighted by atomic mass is 35.5. The average Bonchev–Trinajstić information content (AvgIpc) is 3.24. The Morgan fingerprint density at radius 2 is 1.86 bits per heavy atom. The van der Waals surface area contributed by atoms with Gasteiger partial charge >= 0.3 is 0 Å². The van der Waals surface area contributed by atoms with Gasteiger partial charge in [-0.1, -0.05) is 48.9 Å². The van der Waals surface area contributed by atoms with E-state index in [2.05, 4.69) is 23.8 Å². The molecule has 0 aliphatic heterocycles. The van der Waals surface area contributed by atoms with Crippen LogP contribution in [-0.2, 0) is 29.3 Å². The van der Waals surface area contributed by atoms with Gasteiger partial charge in [0.25, 0.3) is 0 Å². The van der Waals surface area contributed by atoms with Gasteiger partial charge in [0.1, 0.15) is 0 Å². The molecule has 7 heteroatoms. The number of hydrogen-bond acceptors (Lipinski definition) is 3. The van der Waals surface area contributed by atoms with Gasteiger partial charge in [0.15, 0.2) is 0 Å². The van der Waals surface area contributed by atoms with E-state index in [1.54, 1.807) is 0 Å². The summed E-state index contributed by atoms with van der Waals surface area (Å²) in [5.74, 6) is 0.212. The van der Waals surface area contributed by atoms with E-state index in [1.165, 1.54) is 17.4 Å². The van der Waals surface area contributed by atoms with Crippen LogP contribution in [0.15, 0.2) is 48.5 Å². The number of halogens is 1. The Balaban J connectivity index is 1.78. The Kier molecular flexibility index (Phi) is 5.51. The zero-order valence-electron chi connectivity index (χ0n) is 16.5. The van der Waals surface area contributed by atoms with Crippen molar-refractivity contribution in [1.82, 2.24) is 14.5 Å². The third-order valence-electron chi connectivity index (χ3n) is 5.39. The normalized spacial score (nSPS) is 16.2. The van der Waals surface area contributed by atoms with Crippen molar-refractivity contribution in [2.45, 2.75) is 26.2 Å². The monoisotopic (exact) mass is 429 g/mol. The highest BCUT2D eigenvalue weighted by molar-refractivity contribution is 7.88. The summed E-state index contributed by atoms with van der Waals surface area (Å²) in [6.07, 6.45) is 3.67. The molecular weight excluding hydrogens is 406 g/mol. The second-order valence-electron chi connectivity index (χ2n) is 7.57. The molecule has 0 saturated carbocycles. The quantitative estimate of drug-likeness (QED) is 0.643. The number of fused-ring (bicyclic) bond motifs is 1. The minimum atomic E-state index is -3.20. The van der Waals surface area contributed by atoms with Crippen molar-refractivity contribution in [3.63, 3.8) is 0 Å². The summed E-state index contributed by atoms with van der Waals surface area (Å²) in [7, 11) is -3.20. The fraction of sp³-hybridized carbons (Fsp3) is 0.318. The molecule has 4 rings (SSSR count). The summed E-state index contributed by atoms with van der Waals surface area (Å²) in [5, 5.41) is 5.66. The standard InChI is InChI=1S/C22H24ClN3O2S/c1-3-16-6-4-5-7-21(16)26-22(17-8-10-18(23)11-9-17)19-12-15(13-20(19)25-26)14-24-29(2,27)28/h4-11,15,24H,3,12-14H2,1-2H3. The molecule has 1 heterocycles. The molecule has 0 fully saturated rings. The van der Waals surface area contributed by atoms with Gasteiger partial charge in [-0.25, -0.2) is 17.8 Å². The number of benzene rings is 2. The molecule has 1 aliphatic rings. The van der Waals surface area contributed by atoms with E-state index < -0.39 is 10.0 Å². The van der Waals surface area contributed by atoms with Gasteiger partial charge in [-0.3, -0.25) is 0 Å². The van der Waals surface area contributed by atoms with Gasteiger partial charge in [-0.2, -0.15) is 5.10 Å². The number of nitrogens with one attached hydrogen (secondary N) is 1. The molecule has 5 nitrogen and oxygen atoms in total. The molecule has 3 aromatic rings. The van der Waals surface area contributed by atoms with Gasteiger partial charge in [0.05, 0.1) is 23.3 Å². The summed E-state index contributed by atoms with van der Waals surface area (Å²) in [6.45, 7) is 2.58. The van der Waals surface area contributed by atoms with Gasteiger partial charge in [0, 0.05) is 22.7 Å². The van der Waals surface area contributed by atoms with Crippen molar-refractivity contribution in [2.24, 2.45) is 5.92 Å². The molecule has 1 unspecified atom stereocenters. The van der Waals surface area contributed by atoms with Crippen LogP contribution >= 0.6 is 11.6 Å². The predicted octanol–water partition coefficient (Wildman–Crippen LogP) is 4.02. The minimum absolute atomic E-state index is 0.212. The van der Waals surface area contributed by atoms with Crippen LogP contribution in [0.1, 0.15) is 23.7 Å². The van der Waals surface area contributed by atoms with E-state index in [4.69, 9.17) is 16.7 Å². The van der Waals surface area contributed by atoms with E-state index in [1.807, 2.05) is 41.1 Å². The third kappa shape index (κ3) is 4.25. The molecule has 1 N–H and O–H groups in total. The molecule has 2 aromatic carbocycles. The second-order valence-corrected chi connectivity index (χ2v) is 9.84. The zero-order chi connectivity index (χ0) is 20.6. The SMILES string of the molecule is CCc1ccccc1-n1nc2c(c1-c1ccc(Cl)cc1)CC(CNS(C)(=O)=O)C2. The molecule has 1 atom stereocenters. The maximum absolute atomic E-state index is 11.5. The molecule has 0 bridgehead atoms. The van der Waals surface area contributed by atoms with Crippen molar-refractivity contribution in [2.75, 3.05) is 12.8 Å². The van der Waals surface area contributed by atoms with Gasteiger partial charge < -0.3 is 0 Å². The van der Waals surface area contributed by atoms with Crippen LogP contribution in [0.5, 0.6) is 0 Å². The van der Waals surface area contributed by atoms with Crippen LogP contribution in [0.3, 0.4) is 0 Å². The minimum Gasteiger partial charge on any atom is -0.232 e. The van der Waals surface area contributed by atoms with E-state index >= 15 is 0 Å². The van der Waals surface area contributed by atoms with Crippen LogP contribution in [0.25, 0.3) is 16.9 Å². The topological polar surface area (TPSA) is 64.0 Å². The van der Waals surface area contributed by atoms with E-state index in [-0.39, 0.29) is 5.92 Å². The Morgan fingerprint density at radius 3 is 2.55 bits per heavy atom. The predicted molar refractivity (Wildman–Crippen MR) is 117 cm³/mol. The highest BCUT2D eigenvalue weighted by Crippen LogP contribution is 2.37. The molecule has 0 spiro atoms. The Labute approximate surface area is 176 Å². The van der Waals surface area contributed by atoms with E-state index in [9.17, 15) is 8.42 Å². The maximum Gasteiger partial charge on any atom is 0.208 e. The second kappa shape index (κ2) is 7.94. The largest absolute Gasteiger partial charge is 0.232 e. The average molecular weight is 430 g/mol. The van der Waals surface area contributed by atoms with Crippen LogP contribution in [0.2, 0.25) is 5.02 Å². The Morgan fingerprint density at radius 1 is 1.14 bits per heavy atom. The summed E-state index contributed by atoms with van der Waals surface area (Å²) in [5.41, 5.74) is 6.68. The molecule has 152 valence electrons. The number of aryl methyl sites for hydroxylation is 1. The molecule has 0 saturated heterocycles. The third-order valence-corrected chi connectivity index (χ3v) is 6.34. The van der Waals surface area contributed by atoms with Gasteiger partial charge in [-0.05, 0) is 48.9 Å².